The van der Waals surface area contributed by atoms with E-state index in [0.717, 1.165) is 45.1 Å². The van der Waals surface area contributed by atoms with Crippen LogP contribution in [0.2, 0.25) is 0 Å². The van der Waals surface area contributed by atoms with Crippen LogP contribution in [0.15, 0.2) is 36.9 Å². The first-order valence-corrected chi connectivity index (χ1v) is 8.31. The van der Waals surface area contributed by atoms with Gasteiger partial charge >= 0.3 is 0 Å². The van der Waals surface area contributed by atoms with E-state index in [-0.39, 0.29) is 0 Å². The molecule has 0 bridgehead atoms. The highest BCUT2D eigenvalue weighted by Crippen LogP contribution is 2.29. The average molecular weight is 314 g/mol. The van der Waals surface area contributed by atoms with Crippen molar-refractivity contribution in [3.8, 4) is 0 Å². The topological polar surface area (TPSA) is 50.1 Å². The molecule has 0 atom stereocenters. The van der Waals surface area contributed by atoms with Crippen LogP contribution in [0.25, 0.3) is 10.1 Å². The second-order valence-electron chi connectivity index (χ2n) is 5.49. The molecule has 7 heteroatoms. The molecule has 1 aliphatic heterocycles. The van der Waals surface area contributed by atoms with Crippen molar-refractivity contribution < 1.29 is 0 Å². The smallest absolute Gasteiger partial charge is 0.150 e. The molecule has 1 aliphatic rings. The molecule has 2 aromatic heterocycles. The highest BCUT2D eigenvalue weighted by Gasteiger charge is 2.20. The van der Waals surface area contributed by atoms with Crippen LogP contribution in [0.5, 0.6) is 0 Å². The Labute approximate surface area is 133 Å². The van der Waals surface area contributed by atoms with E-state index in [2.05, 4.69) is 48.5 Å². The molecule has 0 aliphatic carbocycles. The van der Waals surface area contributed by atoms with Crippen LogP contribution in [0, 0.1) is 0 Å². The van der Waals surface area contributed by atoms with Gasteiger partial charge in [-0.15, -0.1) is 0 Å². The predicted octanol–water partition coefficient (Wildman–Crippen LogP) is 1.71. The number of hydrogen-bond acceptors (Lipinski definition) is 6. The molecule has 0 spiro atoms. The van der Waals surface area contributed by atoms with Gasteiger partial charge in [0.2, 0.25) is 0 Å². The maximum Gasteiger partial charge on any atom is 0.150 e. The Morgan fingerprint density at radius 2 is 1.91 bits per heavy atom. The summed E-state index contributed by atoms with van der Waals surface area (Å²) in [4.78, 5) is 8.87. The largest absolute Gasteiger partial charge is 0.353 e. The van der Waals surface area contributed by atoms with Crippen LogP contribution < -0.4 is 4.90 Å². The third-order valence-electron chi connectivity index (χ3n) is 4.14. The monoisotopic (exact) mass is 314 g/mol. The maximum absolute atomic E-state index is 4.66. The first kappa shape index (κ1) is 13.7. The maximum atomic E-state index is 4.66. The van der Waals surface area contributed by atoms with Crippen LogP contribution in [-0.2, 0) is 6.54 Å². The molecule has 3 heterocycles. The second-order valence-corrected chi connectivity index (χ2v) is 6.29. The minimum atomic E-state index is 0.902. The molecule has 0 unspecified atom stereocenters. The van der Waals surface area contributed by atoms with Gasteiger partial charge < -0.3 is 4.90 Å². The van der Waals surface area contributed by atoms with Gasteiger partial charge in [-0.2, -0.15) is 9.47 Å². The average Bonchev–Trinajstić information content (AvgIpc) is 3.23. The van der Waals surface area contributed by atoms with Gasteiger partial charge in [-0.05, 0) is 23.7 Å². The molecule has 114 valence electrons. The van der Waals surface area contributed by atoms with E-state index < -0.39 is 0 Å². The number of nitrogens with zero attached hydrogens (tertiary/aromatic N) is 6. The zero-order chi connectivity index (χ0) is 14.8. The highest BCUT2D eigenvalue weighted by atomic mass is 32.1. The summed E-state index contributed by atoms with van der Waals surface area (Å²) in [6, 6.07) is 8.48. The summed E-state index contributed by atoms with van der Waals surface area (Å²) in [5.41, 5.74) is 0. The summed E-state index contributed by atoms with van der Waals surface area (Å²) in [6.45, 7) is 6.13. The van der Waals surface area contributed by atoms with E-state index in [4.69, 9.17) is 0 Å². The molecule has 6 nitrogen and oxygen atoms in total. The van der Waals surface area contributed by atoms with Crippen molar-refractivity contribution in [2.45, 2.75) is 6.54 Å². The van der Waals surface area contributed by atoms with Crippen molar-refractivity contribution in [2.24, 2.45) is 0 Å². The lowest BCUT2D eigenvalue weighted by Crippen LogP contribution is -2.47. The normalized spacial score (nSPS) is 16.5. The minimum absolute atomic E-state index is 0.902. The summed E-state index contributed by atoms with van der Waals surface area (Å²) < 4.78 is 7.82. The van der Waals surface area contributed by atoms with Crippen LogP contribution in [0.4, 0.5) is 5.82 Å². The molecule has 22 heavy (non-hydrogen) atoms. The van der Waals surface area contributed by atoms with Crippen molar-refractivity contribution >= 4 is 27.4 Å². The van der Waals surface area contributed by atoms with Gasteiger partial charge in [-0.3, -0.25) is 9.58 Å². The second kappa shape index (κ2) is 6.02. The quantitative estimate of drug-likeness (QED) is 0.734. The Kier molecular flexibility index (Phi) is 3.74. The Morgan fingerprint density at radius 3 is 2.73 bits per heavy atom. The van der Waals surface area contributed by atoms with Gasteiger partial charge in [-0.1, -0.05) is 12.1 Å². The Morgan fingerprint density at radius 1 is 1.05 bits per heavy atom. The van der Waals surface area contributed by atoms with Crippen LogP contribution in [-0.4, -0.2) is 56.8 Å². The minimum Gasteiger partial charge on any atom is -0.353 e. The van der Waals surface area contributed by atoms with Gasteiger partial charge in [0, 0.05) is 38.1 Å². The third kappa shape index (κ3) is 2.69. The third-order valence-corrected chi connectivity index (χ3v) is 4.96. The fourth-order valence-electron chi connectivity index (χ4n) is 2.88. The first-order chi connectivity index (χ1) is 10.9. The molecular formula is C15H18N6S. The molecule has 0 N–H and O–H groups in total. The molecule has 4 rings (SSSR count). The van der Waals surface area contributed by atoms with Crippen molar-refractivity contribution in [2.75, 3.05) is 37.6 Å². The van der Waals surface area contributed by atoms with Crippen molar-refractivity contribution in [1.82, 2.24) is 24.0 Å². The van der Waals surface area contributed by atoms with E-state index in [1.54, 1.807) is 24.2 Å². The fourth-order valence-corrected chi connectivity index (χ4v) is 3.67. The van der Waals surface area contributed by atoms with Crippen LogP contribution >= 0.6 is 11.5 Å². The lowest BCUT2D eigenvalue weighted by Gasteiger charge is -2.35. The predicted molar refractivity (Wildman–Crippen MR) is 88.3 cm³/mol. The van der Waals surface area contributed by atoms with E-state index >= 15 is 0 Å². The summed E-state index contributed by atoms with van der Waals surface area (Å²) in [6.07, 6.45) is 3.36. The van der Waals surface area contributed by atoms with E-state index in [0.29, 0.717) is 0 Å². The SMILES string of the molecule is c1ccc2c(N3CCN(CCn4cncn4)CC3)nsc2c1. The number of piperazine rings is 1. The molecular weight excluding hydrogens is 296 g/mol. The van der Waals surface area contributed by atoms with Crippen molar-refractivity contribution in [1.29, 1.82) is 0 Å². The number of rotatable bonds is 4. The molecule has 1 aromatic carbocycles. The van der Waals surface area contributed by atoms with E-state index in [1.165, 1.54) is 10.1 Å². The van der Waals surface area contributed by atoms with Crippen LogP contribution in [0.1, 0.15) is 0 Å². The Bertz CT molecular complexity index is 729. The van der Waals surface area contributed by atoms with Crippen molar-refractivity contribution in [3.05, 3.63) is 36.9 Å². The number of fused-ring (bicyclic) bond motifs is 1. The number of hydrogen-bond donors (Lipinski definition) is 0. The Balaban J connectivity index is 1.37. The molecule has 1 fully saturated rings. The summed E-state index contributed by atoms with van der Waals surface area (Å²) in [5, 5.41) is 5.43. The Hall–Kier alpha value is -1.99. The standard InChI is InChI=1S/C15H18N6S/c1-2-4-14-13(3-1)15(18-22-14)20-8-5-19(6-9-20)7-10-21-12-16-11-17-21/h1-4,11-12H,5-10H2. The molecule has 1 saturated heterocycles. The zero-order valence-electron chi connectivity index (χ0n) is 12.3. The number of benzene rings is 1. The molecule has 3 aromatic rings. The van der Waals surface area contributed by atoms with Gasteiger partial charge in [-0.25, -0.2) is 4.98 Å². The first-order valence-electron chi connectivity index (χ1n) is 7.54. The summed E-state index contributed by atoms with van der Waals surface area (Å²) in [7, 11) is 0. The lowest BCUT2D eigenvalue weighted by atomic mass is 10.2. The zero-order valence-corrected chi connectivity index (χ0v) is 13.1. The fraction of sp³-hybridized carbons (Fsp3) is 0.400. The van der Waals surface area contributed by atoms with E-state index in [9.17, 15) is 0 Å². The van der Waals surface area contributed by atoms with Gasteiger partial charge in [0.15, 0.2) is 0 Å². The molecule has 0 saturated carbocycles. The van der Waals surface area contributed by atoms with Gasteiger partial charge in [0.25, 0.3) is 0 Å². The summed E-state index contributed by atoms with van der Waals surface area (Å²) in [5.74, 6) is 1.15. The lowest BCUT2D eigenvalue weighted by molar-refractivity contribution is 0.244. The summed E-state index contributed by atoms with van der Waals surface area (Å²) >= 11 is 1.59. The number of aromatic nitrogens is 4. The van der Waals surface area contributed by atoms with Gasteiger partial charge in [0.1, 0.15) is 18.5 Å². The molecule has 0 radical (unpaired) electrons. The van der Waals surface area contributed by atoms with E-state index in [1.807, 2.05) is 4.68 Å². The van der Waals surface area contributed by atoms with Gasteiger partial charge in [0.05, 0.1) is 11.2 Å². The number of anilines is 1. The van der Waals surface area contributed by atoms with Crippen molar-refractivity contribution in [3.63, 3.8) is 0 Å². The van der Waals surface area contributed by atoms with Crippen LogP contribution in [0.3, 0.4) is 0 Å². The highest BCUT2D eigenvalue weighted by molar-refractivity contribution is 7.13. The molecule has 0 amide bonds.